The van der Waals surface area contributed by atoms with Crippen LogP contribution in [-0.4, -0.2) is 26.3 Å². The molecular weight excluding hydrogens is 214 g/mol. The van der Waals surface area contributed by atoms with E-state index in [4.69, 9.17) is 9.47 Å². The van der Waals surface area contributed by atoms with Gasteiger partial charge in [-0.1, -0.05) is 12.1 Å². The lowest BCUT2D eigenvalue weighted by Crippen LogP contribution is -2.30. The molecule has 0 saturated carbocycles. The summed E-state index contributed by atoms with van der Waals surface area (Å²) in [6.07, 6.45) is 2.41. The maximum atomic E-state index is 5.88. The van der Waals surface area contributed by atoms with E-state index in [9.17, 15) is 0 Å². The minimum absolute atomic E-state index is 0.672. The van der Waals surface area contributed by atoms with Crippen LogP contribution in [0, 0.1) is 5.92 Å². The van der Waals surface area contributed by atoms with Crippen molar-refractivity contribution in [3.05, 3.63) is 24.3 Å². The van der Waals surface area contributed by atoms with Crippen LogP contribution >= 0.6 is 0 Å². The molecule has 1 saturated heterocycles. The maximum Gasteiger partial charge on any atom is 0.161 e. The Labute approximate surface area is 103 Å². The lowest BCUT2D eigenvalue weighted by molar-refractivity contribution is 0.205. The van der Waals surface area contributed by atoms with Crippen LogP contribution in [0.25, 0.3) is 0 Å². The normalized spacial score (nSPS) is 16.8. The second kappa shape index (κ2) is 6.50. The van der Waals surface area contributed by atoms with Crippen molar-refractivity contribution in [2.24, 2.45) is 5.92 Å². The van der Waals surface area contributed by atoms with Crippen molar-refractivity contribution in [1.82, 2.24) is 5.32 Å². The molecule has 0 radical (unpaired) electrons. The van der Waals surface area contributed by atoms with Gasteiger partial charge in [0.2, 0.25) is 0 Å². The molecule has 1 aliphatic heterocycles. The van der Waals surface area contributed by atoms with Gasteiger partial charge in [0.1, 0.15) is 0 Å². The van der Waals surface area contributed by atoms with Crippen molar-refractivity contribution in [3.8, 4) is 11.5 Å². The van der Waals surface area contributed by atoms with E-state index in [1.54, 1.807) is 0 Å². The van der Waals surface area contributed by atoms with Crippen LogP contribution in [0.5, 0.6) is 11.5 Å². The summed E-state index contributed by atoms with van der Waals surface area (Å²) in [6, 6.07) is 7.90. The Morgan fingerprint density at radius 3 is 2.41 bits per heavy atom. The third kappa shape index (κ3) is 3.63. The number of para-hydroxylation sites is 2. The molecule has 3 heteroatoms. The van der Waals surface area contributed by atoms with Gasteiger partial charge in [-0.05, 0) is 50.9 Å². The molecule has 94 valence electrons. The van der Waals surface area contributed by atoms with Gasteiger partial charge in [-0.2, -0.15) is 0 Å². The molecular formula is C14H21NO2. The van der Waals surface area contributed by atoms with E-state index in [0.29, 0.717) is 12.5 Å². The van der Waals surface area contributed by atoms with Gasteiger partial charge >= 0.3 is 0 Å². The van der Waals surface area contributed by atoms with Gasteiger partial charge < -0.3 is 14.8 Å². The Bertz CT molecular complexity index is 335. The molecule has 0 aromatic heterocycles. The Morgan fingerprint density at radius 1 is 1.12 bits per heavy atom. The van der Waals surface area contributed by atoms with Crippen molar-refractivity contribution < 1.29 is 9.47 Å². The number of ether oxygens (including phenoxy) is 2. The molecule has 0 aliphatic carbocycles. The molecule has 0 unspecified atom stereocenters. The fourth-order valence-electron chi connectivity index (χ4n) is 2.10. The molecule has 2 rings (SSSR count). The Hall–Kier alpha value is -1.22. The highest BCUT2D eigenvalue weighted by atomic mass is 16.5. The first-order chi connectivity index (χ1) is 8.40. The summed E-state index contributed by atoms with van der Waals surface area (Å²) in [7, 11) is 0. The molecule has 1 aromatic carbocycles. The van der Waals surface area contributed by atoms with Crippen LogP contribution in [0.15, 0.2) is 24.3 Å². The summed E-state index contributed by atoms with van der Waals surface area (Å²) < 4.78 is 11.4. The summed E-state index contributed by atoms with van der Waals surface area (Å²) in [5.74, 6) is 2.39. The summed E-state index contributed by atoms with van der Waals surface area (Å²) in [4.78, 5) is 0. The van der Waals surface area contributed by atoms with Crippen LogP contribution < -0.4 is 14.8 Å². The first-order valence-corrected chi connectivity index (χ1v) is 6.45. The average molecular weight is 235 g/mol. The van der Waals surface area contributed by atoms with Crippen molar-refractivity contribution in [2.45, 2.75) is 19.8 Å². The highest BCUT2D eigenvalue weighted by Crippen LogP contribution is 2.27. The first kappa shape index (κ1) is 12.2. The third-order valence-electron chi connectivity index (χ3n) is 3.08. The summed E-state index contributed by atoms with van der Waals surface area (Å²) >= 11 is 0. The van der Waals surface area contributed by atoms with Crippen LogP contribution in [-0.2, 0) is 0 Å². The van der Waals surface area contributed by atoms with Gasteiger partial charge in [0.25, 0.3) is 0 Å². The largest absolute Gasteiger partial charge is 0.490 e. The van der Waals surface area contributed by atoms with E-state index in [-0.39, 0.29) is 0 Å². The predicted octanol–water partition coefficient (Wildman–Crippen LogP) is 2.46. The van der Waals surface area contributed by atoms with Crippen LogP contribution in [0.3, 0.4) is 0 Å². The first-order valence-electron chi connectivity index (χ1n) is 6.45. The number of hydrogen-bond acceptors (Lipinski definition) is 3. The smallest absolute Gasteiger partial charge is 0.161 e. The minimum Gasteiger partial charge on any atom is -0.490 e. The van der Waals surface area contributed by atoms with E-state index < -0.39 is 0 Å². The zero-order valence-corrected chi connectivity index (χ0v) is 10.4. The Kier molecular flexibility index (Phi) is 4.68. The molecule has 1 heterocycles. The number of rotatable bonds is 5. The number of hydrogen-bond donors (Lipinski definition) is 1. The van der Waals surface area contributed by atoms with Crippen molar-refractivity contribution in [1.29, 1.82) is 0 Å². The number of benzene rings is 1. The molecule has 17 heavy (non-hydrogen) atoms. The van der Waals surface area contributed by atoms with Crippen LogP contribution in [0.1, 0.15) is 19.8 Å². The van der Waals surface area contributed by atoms with Crippen molar-refractivity contribution in [2.75, 3.05) is 26.3 Å². The lowest BCUT2D eigenvalue weighted by atomic mass is 9.99. The molecule has 1 aromatic rings. The monoisotopic (exact) mass is 235 g/mol. The SMILES string of the molecule is CCOc1ccccc1OCC1CCNCC1. The number of nitrogens with one attached hydrogen (secondary N) is 1. The zero-order valence-electron chi connectivity index (χ0n) is 10.4. The molecule has 1 N–H and O–H groups in total. The standard InChI is InChI=1S/C14H21NO2/c1-2-16-13-5-3-4-6-14(13)17-11-12-7-9-15-10-8-12/h3-6,12,15H,2,7-11H2,1H3. The quantitative estimate of drug-likeness (QED) is 0.850. The summed E-state index contributed by atoms with van der Waals surface area (Å²) in [6.45, 7) is 5.69. The van der Waals surface area contributed by atoms with Gasteiger partial charge in [-0.25, -0.2) is 0 Å². The Balaban J connectivity index is 1.88. The highest BCUT2D eigenvalue weighted by molar-refractivity contribution is 5.39. The summed E-state index contributed by atoms with van der Waals surface area (Å²) in [5, 5.41) is 3.36. The molecule has 0 bridgehead atoms. The highest BCUT2D eigenvalue weighted by Gasteiger charge is 2.14. The van der Waals surface area contributed by atoms with Gasteiger partial charge in [-0.3, -0.25) is 0 Å². The van der Waals surface area contributed by atoms with E-state index >= 15 is 0 Å². The topological polar surface area (TPSA) is 30.5 Å². The molecule has 0 spiro atoms. The second-order valence-corrected chi connectivity index (χ2v) is 4.38. The van der Waals surface area contributed by atoms with Crippen LogP contribution in [0.4, 0.5) is 0 Å². The number of piperidine rings is 1. The van der Waals surface area contributed by atoms with Gasteiger partial charge in [0.15, 0.2) is 11.5 Å². The van der Waals surface area contributed by atoms with E-state index in [0.717, 1.165) is 31.2 Å². The van der Waals surface area contributed by atoms with Gasteiger partial charge in [0, 0.05) is 0 Å². The average Bonchev–Trinajstić information content (AvgIpc) is 2.39. The third-order valence-corrected chi connectivity index (χ3v) is 3.08. The van der Waals surface area contributed by atoms with Crippen molar-refractivity contribution in [3.63, 3.8) is 0 Å². The minimum atomic E-state index is 0.672. The van der Waals surface area contributed by atoms with Gasteiger partial charge in [0.05, 0.1) is 13.2 Å². The van der Waals surface area contributed by atoms with Gasteiger partial charge in [-0.15, -0.1) is 0 Å². The van der Waals surface area contributed by atoms with Crippen LogP contribution in [0.2, 0.25) is 0 Å². The Morgan fingerprint density at radius 2 is 1.76 bits per heavy atom. The molecule has 1 aliphatic rings. The fourth-order valence-corrected chi connectivity index (χ4v) is 2.10. The van der Waals surface area contributed by atoms with E-state index in [1.807, 2.05) is 31.2 Å². The molecule has 0 atom stereocenters. The van der Waals surface area contributed by atoms with E-state index in [1.165, 1.54) is 12.8 Å². The fraction of sp³-hybridized carbons (Fsp3) is 0.571. The second-order valence-electron chi connectivity index (χ2n) is 4.38. The van der Waals surface area contributed by atoms with E-state index in [2.05, 4.69) is 5.32 Å². The summed E-state index contributed by atoms with van der Waals surface area (Å²) in [5.41, 5.74) is 0. The predicted molar refractivity (Wildman–Crippen MR) is 68.7 cm³/mol. The molecule has 0 amide bonds. The molecule has 1 fully saturated rings. The van der Waals surface area contributed by atoms with Crippen molar-refractivity contribution >= 4 is 0 Å². The zero-order chi connectivity index (χ0) is 11.9. The maximum absolute atomic E-state index is 5.88. The lowest BCUT2D eigenvalue weighted by Gasteiger charge is -2.23. The molecule has 3 nitrogen and oxygen atoms in total.